The summed E-state index contributed by atoms with van der Waals surface area (Å²) in [7, 11) is -2.15. The molecule has 0 aliphatic carbocycles. The second kappa shape index (κ2) is 7.85. The smallest absolute Gasteiger partial charge is 0.240 e. The molecule has 0 atom stereocenters. The van der Waals surface area contributed by atoms with Crippen LogP contribution in [-0.2, 0) is 10.0 Å². The third kappa shape index (κ3) is 3.77. The molecule has 4 aromatic rings. The second-order valence-electron chi connectivity index (χ2n) is 7.06. The SMILES string of the molecule is CNS(=O)(=O)c1cccc(Nc2nccc(-c3cn(C(C)C)c4cnccc34)n2)c1. The van der Waals surface area contributed by atoms with Gasteiger partial charge in [-0.2, -0.15) is 0 Å². The predicted octanol–water partition coefficient (Wildman–Crippen LogP) is 3.73. The van der Waals surface area contributed by atoms with E-state index in [0.29, 0.717) is 11.6 Å². The number of nitrogens with zero attached hydrogens (tertiary/aromatic N) is 4. The Balaban J connectivity index is 1.72. The first-order chi connectivity index (χ1) is 14.4. The van der Waals surface area contributed by atoms with E-state index in [9.17, 15) is 8.42 Å². The fraction of sp³-hybridized carbons (Fsp3) is 0.190. The van der Waals surface area contributed by atoms with E-state index in [0.717, 1.165) is 22.2 Å². The van der Waals surface area contributed by atoms with Gasteiger partial charge >= 0.3 is 0 Å². The van der Waals surface area contributed by atoms with Crippen LogP contribution in [0.15, 0.2) is 66.1 Å². The molecular weight excluding hydrogens is 400 g/mol. The monoisotopic (exact) mass is 422 g/mol. The molecule has 0 saturated heterocycles. The van der Waals surface area contributed by atoms with Crippen LogP contribution in [0.4, 0.5) is 11.6 Å². The zero-order valence-electron chi connectivity index (χ0n) is 16.9. The van der Waals surface area contributed by atoms with Crippen molar-refractivity contribution in [3.8, 4) is 11.3 Å². The molecule has 9 heteroatoms. The second-order valence-corrected chi connectivity index (χ2v) is 8.95. The van der Waals surface area contributed by atoms with Crippen molar-refractivity contribution in [1.29, 1.82) is 0 Å². The number of nitrogens with one attached hydrogen (secondary N) is 2. The van der Waals surface area contributed by atoms with E-state index in [-0.39, 0.29) is 10.9 Å². The quantitative estimate of drug-likeness (QED) is 0.491. The molecule has 0 radical (unpaired) electrons. The molecule has 8 nitrogen and oxygen atoms in total. The maximum atomic E-state index is 12.0. The molecule has 0 amide bonds. The summed E-state index contributed by atoms with van der Waals surface area (Å²) in [6, 6.07) is 10.6. The zero-order chi connectivity index (χ0) is 21.3. The third-order valence-corrected chi connectivity index (χ3v) is 6.21. The van der Waals surface area contributed by atoms with Crippen molar-refractivity contribution in [3.05, 3.63) is 61.2 Å². The largest absolute Gasteiger partial charge is 0.343 e. The molecule has 0 aliphatic heterocycles. The average molecular weight is 423 g/mol. The Kier molecular flexibility index (Phi) is 5.23. The third-order valence-electron chi connectivity index (χ3n) is 4.79. The first-order valence-corrected chi connectivity index (χ1v) is 11.0. The number of benzene rings is 1. The van der Waals surface area contributed by atoms with E-state index >= 15 is 0 Å². The maximum absolute atomic E-state index is 12.0. The van der Waals surface area contributed by atoms with Crippen LogP contribution in [0.5, 0.6) is 0 Å². The Labute approximate surface area is 175 Å². The highest BCUT2D eigenvalue weighted by atomic mass is 32.2. The van der Waals surface area contributed by atoms with Crippen LogP contribution in [0.3, 0.4) is 0 Å². The summed E-state index contributed by atoms with van der Waals surface area (Å²) >= 11 is 0. The van der Waals surface area contributed by atoms with Gasteiger partial charge in [0.2, 0.25) is 16.0 Å². The van der Waals surface area contributed by atoms with Crippen LogP contribution in [-0.4, -0.2) is 35.0 Å². The summed E-state index contributed by atoms with van der Waals surface area (Å²) < 4.78 is 28.6. The molecule has 0 spiro atoms. The summed E-state index contributed by atoms with van der Waals surface area (Å²) in [5.74, 6) is 0.381. The van der Waals surface area contributed by atoms with Crippen LogP contribution < -0.4 is 10.0 Å². The van der Waals surface area contributed by atoms with Gasteiger partial charge in [-0.05, 0) is 51.2 Å². The predicted molar refractivity (Wildman–Crippen MR) is 117 cm³/mol. The van der Waals surface area contributed by atoms with Crippen LogP contribution in [0.1, 0.15) is 19.9 Å². The lowest BCUT2D eigenvalue weighted by molar-refractivity contribution is 0.588. The highest BCUT2D eigenvalue weighted by Crippen LogP contribution is 2.31. The number of aromatic nitrogens is 4. The number of rotatable bonds is 6. The molecular formula is C21H22N6O2S. The Bertz CT molecular complexity index is 1310. The number of pyridine rings is 1. The lowest BCUT2D eigenvalue weighted by Crippen LogP contribution is -2.18. The Hall–Kier alpha value is -3.30. The standard InChI is InChI=1S/C21H22N6O2S/c1-14(2)27-13-18(17-7-9-23-12-20(17)27)19-8-10-24-21(26-19)25-15-5-4-6-16(11-15)30(28,29)22-3/h4-14,22H,1-3H3,(H,24,25,26). The van der Waals surface area contributed by atoms with E-state index in [1.54, 1.807) is 24.5 Å². The fourth-order valence-corrected chi connectivity index (χ4v) is 4.06. The molecule has 3 heterocycles. The molecule has 154 valence electrons. The van der Waals surface area contributed by atoms with Crippen LogP contribution in [0.2, 0.25) is 0 Å². The van der Waals surface area contributed by atoms with Crippen LogP contribution in [0.25, 0.3) is 22.2 Å². The zero-order valence-corrected chi connectivity index (χ0v) is 17.7. The van der Waals surface area contributed by atoms with Gasteiger partial charge in [0.25, 0.3) is 0 Å². The van der Waals surface area contributed by atoms with Crippen molar-refractivity contribution in [2.75, 3.05) is 12.4 Å². The van der Waals surface area contributed by atoms with Crippen molar-refractivity contribution < 1.29 is 8.42 Å². The molecule has 30 heavy (non-hydrogen) atoms. The Morgan fingerprint density at radius 3 is 2.70 bits per heavy atom. The summed E-state index contributed by atoms with van der Waals surface area (Å²) in [6.07, 6.45) is 7.37. The van der Waals surface area contributed by atoms with Gasteiger partial charge in [-0.15, -0.1) is 0 Å². The lowest BCUT2D eigenvalue weighted by Gasteiger charge is -2.09. The van der Waals surface area contributed by atoms with Gasteiger partial charge in [0.1, 0.15) is 0 Å². The maximum Gasteiger partial charge on any atom is 0.240 e. The van der Waals surface area contributed by atoms with Crippen molar-refractivity contribution in [3.63, 3.8) is 0 Å². The average Bonchev–Trinajstić information content (AvgIpc) is 3.14. The van der Waals surface area contributed by atoms with Crippen molar-refractivity contribution >= 4 is 32.6 Å². The molecule has 2 N–H and O–H groups in total. The van der Waals surface area contributed by atoms with Crippen molar-refractivity contribution in [2.45, 2.75) is 24.8 Å². The fourth-order valence-electron chi connectivity index (χ4n) is 3.29. The Morgan fingerprint density at radius 2 is 1.93 bits per heavy atom. The summed E-state index contributed by atoms with van der Waals surface area (Å²) in [5.41, 5.74) is 3.37. The molecule has 0 saturated carbocycles. The van der Waals surface area contributed by atoms with Crippen molar-refractivity contribution in [2.24, 2.45) is 0 Å². The topological polar surface area (TPSA) is 102 Å². The number of sulfonamides is 1. The number of anilines is 2. The molecule has 0 bridgehead atoms. The van der Waals surface area contributed by atoms with Gasteiger partial charge in [0, 0.05) is 41.3 Å². The van der Waals surface area contributed by atoms with Crippen LogP contribution in [0, 0.1) is 0 Å². The molecule has 4 rings (SSSR count). The van der Waals surface area contributed by atoms with E-state index in [4.69, 9.17) is 0 Å². The summed E-state index contributed by atoms with van der Waals surface area (Å²) in [6.45, 7) is 4.24. The first kappa shape index (κ1) is 20.0. The molecule has 0 unspecified atom stereocenters. The highest BCUT2D eigenvalue weighted by Gasteiger charge is 2.15. The van der Waals surface area contributed by atoms with Gasteiger partial charge in [-0.1, -0.05) is 6.07 Å². The summed E-state index contributed by atoms with van der Waals surface area (Å²) in [5, 5.41) is 4.16. The normalized spacial score (nSPS) is 11.9. The van der Waals surface area contributed by atoms with Gasteiger partial charge in [-0.3, -0.25) is 4.98 Å². The molecule has 1 aromatic carbocycles. The minimum Gasteiger partial charge on any atom is -0.343 e. The lowest BCUT2D eigenvalue weighted by atomic mass is 10.1. The van der Waals surface area contributed by atoms with Crippen LogP contribution >= 0.6 is 0 Å². The molecule has 0 fully saturated rings. The number of hydrogen-bond donors (Lipinski definition) is 2. The number of hydrogen-bond acceptors (Lipinski definition) is 6. The van der Waals surface area contributed by atoms with Gasteiger partial charge in [0.15, 0.2) is 0 Å². The first-order valence-electron chi connectivity index (χ1n) is 9.47. The molecule has 3 aromatic heterocycles. The highest BCUT2D eigenvalue weighted by molar-refractivity contribution is 7.89. The van der Waals surface area contributed by atoms with E-state index in [1.807, 2.05) is 18.3 Å². The minimum absolute atomic E-state index is 0.165. The molecule has 0 aliphatic rings. The van der Waals surface area contributed by atoms with Crippen molar-refractivity contribution in [1.82, 2.24) is 24.2 Å². The van der Waals surface area contributed by atoms with E-state index < -0.39 is 10.0 Å². The number of fused-ring (bicyclic) bond motifs is 1. The summed E-state index contributed by atoms with van der Waals surface area (Å²) in [4.78, 5) is 13.4. The minimum atomic E-state index is -3.53. The van der Waals surface area contributed by atoms with Gasteiger partial charge < -0.3 is 9.88 Å². The van der Waals surface area contributed by atoms with E-state index in [1.165, 1.54) is 19.2 Å². The van der Waals surface area contributed by atoms with Gasteiger partial charge in [0.05, 0.1) is 22.3 Å². The van der Waals surface area contributed by atoms with E-state index in [2.05, 4.69) is 49.6 Å². The Morgan fingerprint density at radius 1 is 1.10 bits per heavy atom. The van der Waals surface area contributed by atoms with Gasteiger partial charge in [-0.25, -0.2) is 23.1 Å².